The molecule has 278 valence electrons. The number of likely N-dealkylation sites (N-methyl/N-ethyl adjacent to an activating group) is 1. The first kappa shape index (κ1) is 41.4. The number of rotatable bonds is 14. The molecule has 0 radical (unpaired) electrons. The number of thioether (sulfide) groups is 1. The van der Waals surface area contributed by atoms with Gasteiger partial charge >= 0.3 is 5.97 Å². The van der Waals surface area contributed by atoms with Crippen molar-refractivity contribution < 1.29 is 39.5 Å². The molecule has 2 aliphatic heterocycles. The van der Waals surface area contributed by atoms with Gasteiger partial charge in [-0.05, 0) is 108 Å². The fourth-order valence-electron chi connectivity index (χ4n) is 5.85. The van der Waals surface area contributed by atoms with Gasteiger partial charge in [0.25, 0.3) is 0 Å². The lowest BCUT2D eigenvalue weighted by Crippen LogP contribution is -2.55. The fourth-order valence-corrected chi connectivity index (χ4v) is 6.52. The molecule has 0 bridgehead atoms. The van der Waals surface area contributed by atoms with E-state index in [1.807, 2.05) is 44.1 Å². The first-order chi connectivity index (χ1) is 23.6. The molecule has 0 aliphatic carbocycles. The van der Waals surface area contributed by atoms with E-state index >= 15 is 0 Å². The van der Waals surface area contributed by atoms with E-state index in [0.717, 1.165) is 60.2 Å². The zero-order valence-electron chi connectivity index (χ0n) is 30.1. The molecule has 2 heterocycles. The highest BCUT2D eigenvalue weighted by molar-refractivity contribution is 7.99. The summed E-state index contributed by atoms with van der Waals surface area (Å²) in [6.07, 6.45) is 1.63. The summed E-state index contributed by atoms with van der Waals surface area (Å²) in [7, 11) is 3.88. The Morgan fingerprint density at radius 1 is 1.02 bits per heavy atom. The number of carboxylic acid groups (broad SMARTS) is 1. The molecule has 12 nitrogen and oxygen atoms in total. The standard InChI is InChI=1S/C32H47N3O6S.C5H9NO2/c1-20-10-15-23(29-27(38)26(37)28(39)30(41-29)42-6)19-24(20)18-22-13-11-21(12-14-22)8-7-9-25(36)34-32(2,3)31(40)33-16-17-35(4)5;7-5(8)4-2-1-3-6-4/h10-15,19,26-30,37-39H,7-9,16-18H2,1-6H3,(H,33,40)(H,34,36);4,6H,1-3H2,(H,7,8)/t26-,27-,28+,29+,30-;4-/m10/s1. The van der Waals surface area contributed by atoms with E-state index in [2.05, 4.69) is 40.2 Å². The lowest BCUT2D eigenvalue weighted by Gasteiger charge is -2.40. The fraction of sp³-hybridized carbons (Fsp3) is 0.595. The van der Waals surface area contributed by atoms with Crippen LogP contribution in [0.15, 0.2) is 42.5 Å². The van der Waals surface area contributed by atoms with Gasteiger partial charge in [-0.15, -0.1) is 11.8 Å². The number of amides is 2. The lowest BCUT2D eigenvalue weighted by molar-refractivity contribution is -0.200. The van der Waals surface area contributed by atoms with Crippen LogP contribution in [0.3, 0.4) is 0 Å². The molecule has 50 heavy (non-hydrogen) atoms. The highest BCUT2D eigenvalue weighted by Crippen LogP contribution is 2.36. The zero-order chi connectivity index (χ0) is 37.0. The van der Waals surface area contributed by atoms with Crippen LogP contribution in [0.2, 0.25) is 0 Å². The van der Waals surface area contributed by atoms with E-state index in [-0.39, 0.29) is 17.9 Å². The Morgan fingerprint density at radius 2 is 1.70 bits per heavy atom. The summed E-state index contributed by atoms with van der Waals surface area (Å²) in [5.41, 5.74) is 3.61. The third-order valence-corrected chi connectivity index (χ3v) is 9.87. The second kappa shape index (κ2) is 19.5. The average molecular weight is 717 g/mol. The smallest absolute Gasteiger partial charge is 0.320 e. The molecule has 0 spiro atoms. The molecule has 2 aromatic carbocycles. The lowest BCUT2D eigenvalue weighted by atomic mass is 9.91. The van der Waals surface area contributed by atoms with Crippen molar-refractivity contribution in [1.82, 2.24) is 20.9 Å². The third kappa shape index (κ3) is 12.3. The van der Waals surface area contributed by atoms with E-state index in [1.54, 1.807) is 20.1 Å². The first-order valence-corrected chi connectivity index (χ1v) is 18.5. The molecule has 6 atom stereocenters. The van der Waals surface area contributed by atoms with Gasteiger partial charge in [0.1, 0.15) is 41.4 Å². The van der Waals surface area contributed by atoms with Crippen LogP contribution in [0.5, 0.6) is 0 Å². The maximum Gasteiger partial charge on any atom is 0.320 e. The molecular weight excluding hydrogens is 660 g/mol. The van der Waals surface area contributed by atoms with E-state index < -0.39 is 41.4 Å². The molecule has 13 heteroatoms. The predicted octanol–water partition coefficient (Wildman–Crippen LogP) is 2.15. The Labute approximate surface area is 300 Å². The van der Waals surface area contributed by atoms with Crippen LogP contribution in [0.4, 0.5) is 0 Å². The monoisotopic (exact) mass is 716 g/mol. The van der Waals surface area contributed by atoms with E-state index in [9.17, 15) is 29.7 Å². The molecule has 2 aliphatic rings. The zero-order valence-corrected chi connectivity index (χ0v) is 31.0. The van der Waals surface area contributed by atoms with Gasteiger partial charge in [0.2, 0.25) is 11.8 Å². The van der Waals surface area contributed by atoms with E-state index in [4.69, 9.17) is 9.84 Å². The van der Waals surface area contributed by atoms with Gasteiger partial charge in [-0.2, -0.15) is 0 Å². The van der Waals surface area contributed by atoms with Crippen molar-refractivity contribution in [2.24, 2.45) is 0 Å². The summed E-state index contributed by atoms with van der Waals surface area (Å²) in [5, 5.41) is 48.0. The minimum absolute atomic E-state index is 0.146. The number of aliphatic hydroxyl groups excluding tert-OH is 3. The molecule has 0 aromatic heterocycles. The summed E-state index contributed by atoms with van der Waals surface area (Å²) in [4.78, 5) is 37.1. The molecular formula is C37H56N4O8S. The van der Waals surface area contributed by atoms with Gasteiger partial charge in [0.05, 0.1) is 0 Å². The van der Waals surface area contributed by atoms with Gasteiger partial charge in [-0.25, -0.2) is 0 Å². The number of nitrogens with zero attached hydrogens (tertiary/aromatic N) is 1. The number of aryl methyl sites for hydroxylation is 2. The van der Waals surface area contributed by atoms with Crippen LogP contribution in [0.1, 0.15) is 73.5 Å². The summed E-state index contributed by atoms with van der Waals surface area (Å²) in [6, 6.07) is 13.9. The number of hydrogen-bond donors (Lipinski definition) is 7. The first-order valence-electron chi connectivity index (χ1n) is 17.2. The number of nitrogens with one attached hydrogen (secondary N) is 3. The van der Waals surface area contributed by atoms with Gasteiger partial charge < -0.3 is 46.0 Å². The summed E-state index contributed by atoms with van der Waals surface area (Å²) >= 11 is 1.30. The molecule has 2 fully saturated rings. The Balaban J connectivity index is 0.000000740. The molecule has 0 saturated carbocycles. The number of hydrogen-bond acceptors (Lipinski definition) is 10. The van der Waals surface area contributed by atoms with Gasteiger partial charge in [0, 0.05) is 19.5 Å². The van der Waals surface area contributed by atoms with Crippen molar-refractivity contribution in [2.75, 3.05) is 40.0 Å². The van der Waals surface area contributed by atoms with Crippen molar-refractivity contribution in [3.8, 4) is 0 Å². The summed E-state index contributed by atoms with van der Waals surface area (Å²) < 4.78 is 5.95. The minimum atomic E-state index is -1.28. The highest BCUT2D eigenvalue weighted by Gasteiger charge is 2.44. The average Bonchev–Trinajstić information content (AvgIpc) is 3.62. The number of aliphatic hydroxyl groups is 3. The molecule has 4 rings (SSSR count). The van der Waals surface area contributed by atoms with Crippen LogP contribution in [0, 0.1) is 6.92 Å². The molecule has 2 saturated heterocycles. The van der Waals surface area contributed by atoms with Crippen molar-refractivity contribution in [1.29, 1.82) is 0 Å². The number of carbonyl (C=O) groups excluding carboxylic acids is 2. The minimum Gasteiger partial charge on any atom is -0.480 e. The Bertz CT molecular complexity index is 1400. The van der Waals surface area contributed by atoms with E-state index in [1.165, 1.54) is 11.8 Å². The Morgan fingerprint density at radius 3 is 2.28 bits per heavy atom. The quantitative estimate of drug-likeness (QED) is 0.152. The Hall–Kier alpha value is -3.04. The number of carbonyl (C=O) groups is 3. The largest absolute Gasteiger partial charge is 0.480 e. The maximum absolute atomic E-state index is 12.5. The summed E-state index contributed by atoms with van der Waals surface area (Å²) in [5.74, 6) is -1.06. The third-order valence-electron chi connectivity index (χ3n) is 9.01. The van der Waals surface area contributed by atoms with E-state index in [0.29, 0.717) is 25.8 Å². The van der Waals surface area contributed by atoms with Gasteiger partial charge in [-0.1, -0.05) is 42.5 Å². The number of aliphatic carboxylic acids is 1. The van der Waals surface area contributed by atoms with Crippen LogP contribution in [-0.4, -0.2) is 118 Å². The number of carboxylic acids is 1. The SMILES string of the molecule is CS[C@H]1O[C@@H](c2ccc(C)c(Cc3ccc(CCCC(=O)NC(C)(C)C(=O)NCCN(C)C)cc3)c2)[C@H](O)[C@@H](O)[C@@H]1O.O=C(O)[C@@H]1CCCN1. The maximum atomic E-state index is 12.5. The van der Waals surface area contributed by atoms with Crippen LogP contribution in [0.25, 0.3) is 0 Å². The topological polar surface area (TPSA) is 181 Å². The van der Waals surface area contributed by atoms with Crippen LogP contribution < -0.4 is 16.0 Å². The Kier molecular flexibility index (Phi) is 16.2. The highest BCUT2D eigenvalue weighted by atomic mass is 32.2. The molecule has 7 N–H and O–H groups in total. The molecule has 2 amide bonds. The summed E-state index contributed by atoms with van der Waals surface area (Å²) in [6.45, 7) is 7.58. The van der Waals surface area contributed by atoms with Crippen LogP contribution in [-0.2, 0) is 32.0 Å². The second-order valence-corrected chi connectivity index (χ2v) is 14.8. The number of ether oxygens (including phenoxy) is 1. The normalized spacial score (nSPS) is 23.6. The number of benzene rings is 2. The molecule has 0 unspecified atom stereocenters. The van der Waals surface area contributed by atoms with Gasteiger partial charge in [-0.3, -0.25) is 14.4 Å². The van der Waals surface area contributed by atoms with Crippen molar-refractivity contribution in [2.45, 2.75) is 101 Å². The molecule has 2 aromatic rings. The van der Waals surface area contributed by atoms with Gasteiger partial charge in [0.15, 0.2) is 0 Å². The van der Waals surface area contributed by atoms with Crippen molar-refractivity contribution in [3.63, 3.8) is 0 Å². The van der Waals surface area contributed by atoms with Crippen LogP contribution >= 0.6 is 11.8 Å². The van der Waals surface area contributed by atoms with Crippen molar-refractivity contribution in [3.05, 3.63) is 70.3 Å². The van der Waals surface area contributed by atoms with Crippen molar-refractivity contribution >= 4 is 29.5 Å². The predicted molar refractivity (Wildman–Crippen MR) is 195 cm³/mol. The second-order valence-electron chi connectivity index (χ2n) is 13.9.